The molecule has 2 fully saturated rings. The van der Waals surface area contributed by atoms with E-state index in [0.29, 0.717) is 18.5 Å². The van der Waals surface area contributed by atoms with E-state index in [2.05, 4.69) is 6.92 Å². The van der Waals surface area contributed by atoms with Crippen LogP contribution in [0.1, 0.15) is 39.0 Å². The molecule has 0 aromatic heterocycles. The molecular formula is C11H17NO2. The van der Waals surface area contributed by atoms with Crippen LogP contribution < -0.4 is 0 Å². The molecule has 1 saturated carbocycles. The normalized spacial score (nSPS) is 33.9. The van der Waals surface area contributed by atoms with Gasteiger partial charge in [0.25, 0.3) is 0 Å². The van der Waals surface area contributed by atoms with Crippen molar-refractivity contribution in [2.24, 2.45) is 5.92 Å². The van der Waals surface area contributed by atoms with Crippen LogP contribution in [-0.4, -0.2) is 29.2 Å². The van der Waals surface area contributed by atoms with Crippen molar-refractivity contribution in [2.45, 2.75) is 45.1 Å². The largest absolute Gasteiger partial charge is 0.332 e. The molecule has 3 nitrogen and oxygen atoms in total. The quantitative estimate of drug-likeness (QED) is 0.592. The lowest BCUT2D eigenvalue weighted by atomic mass is 9.86. The highest BCUT2D eigenvalue weighted by molar-refractivity contribution is 6.05. The molecule has 1 saturated heterocycles. The van der Waals surface area contributed by atoms with Crippen LogP contribution in [0.5, 0.6) is 0 Å². The molecule has 0 N–H and O–H groups in total. The number of carbonyl (C=O) groups excluding carboxylic acids is 2. The van der Waals surface area contributed by atoms with Crippen molar-refractivity contribution >= 4 is 11.7 Å². The van der Waals surface area contributed by atoms with Gasteiger partial charge in [0.2, 0.25) is 5.91 Å². The maximum atomic E-state index is 11.5. The first-order chi connectivity index (χ1) is 6.66. The summed E-state index contributed by atoms with van der Waals surface area (Å²) in [5, 5.41) is 0. The summed E-state index contributed by atoms with van der Waals surface area (Å²) in [4.78, 5) is 24.4. The average Bonchev–Trinajstić information content (AvgIpc) is 2.45. The molecule has 0 aromatic rings. The monoisotopic (exact) mass is 195 g/mol. The molecule has 0 spiro atoms. The molecule has 1 amide bonds. The predicted octanol–water partition coefficient (Wildman–Crippen LogP) is 1.37. The number of ketones is 1. The van der Waals surface area contributed by atoms with Crippen LogP contribution in [-0.2, 0) is 9.59 Å². The van der Waals surface area contributed by atoms with E-state index in [1.54, 1.807) is 4.90 Å². The first-order valence-electron chi connectivity index (χ1n) is 5.48. The number of amides is 1. The van der Waals surface area contributed by atoms with Crippen LogP contribution in [0.2, 0.25) is 0 Å². The lowest BCUT2D eigenvalue weighted by Crippen LogP contribution is -2.39. The second kappa shape index (κ2) is 3.71. The molecule has 2 unspecified atom stereocenters. The van der Waals surface area contributed by atoms with Crippen LogP contribution in [0.15, 0.2) is 0 Å². The summed E-state index contributed by atoms with van der Waals surface area (Å²) in [6.07, 6.45) is 4.78. The summed E-state index contributed by atoms with van der Waals surface area (Å²) in [5.41, 5.74) is 0. The number of hydrogen-bond acceptors (Lipinski definition) is 2. The zero-order chi connectivity index (χ0) is 10.1. The van der Waals surface area contributed by atoms with Gasteiger partial charge in [-0.1, -0.05) is 19.8 Å². The molecule has 14 heavy (non-hydrogen) atoms. The Kier molecular flexibility index (Phi) is 2.57. The standard InChI is InChI=1S/C11H17NO2/c1-8-3-2-4-9(5-8)12-7-10(13)6-11(12)14/h8-9H,2-7H2,1H3. The maximum Gasteiger partial charge on any atom is 0.230 e. The van der Waals surface area contributed by atoms with Gasteiger partial charge in [-0.3, -0.25) is 9.59 Å². The minimum absolute atomic E-state index is 0.0501. The average molecular weight is 195 g/mol. The van der Waals surface area contributed by atoms with Gasteiger partial charge in [0.05, 0.1) is 13.0 Å². The Bertz CT molecular complexity index is 262. The molecule has 0 aromatic carbocycles. The molecular weight excluding hydrogens is 178 g/mol. The zero-order valence-electron chi connectivity index (χ0n) is 8.66. The summed E-state index contributed by atoms with van der Waals surface area (Å²) in [6.45, 7) is 2.60. The second-order valence-corrected chi connectivity index (χ2v) is 4.66. The smallest absolute Gasteiger partial charge is 0.230 e. The minimum Gasteiger partial charge on any atom is -0.332 e. The summed E-state index contributed by atoms with van der Waals surface area (Å²) in [7, 11) is 0. The predicted molar refractivity (Wildman–Crippen MR) is 52.8 cm³/mol. The van der Waals surface area contributed by atoms with Crippen molar-refractivity contribution in [3.05, 3.63) is 0 Å². The van der Waals surface area contributed by atoms with Crippen molar-refractivity contribution in [3.63, 3.8) is 0 Å². The molecule has 1 aliphatic carbocycles. The molecule has 3 heteroatoms. The SMILES string of the molecule is CC1CCCC(N2CC(=O)CC2=O)C1. The highest BCUT2D eigenvalue weighted by Crippen LogP contribution is 2.29. The fourth-order valence-electron chi connectivity index (χ4n) is 2.62. The van der Waals surface area contributed by atoms with Crippen LogP contribution >= 0.6 is 0 Å². The summed E-state index contributed by atoms with van der Waals surface area (Å²) < 4.78 is 0. The fourth-order valence-corrected chi connectivity index (χ4v) is 2.62. The molecule has 1 aliphatic heterocycles. The van der Waals surface area contributed by atoms with Gasteiger partial charge in [0.15, 0.2) is 5.78 Å². The van der Waals surface area contributed by atoms with Crippen LogP contribution in [0.4, 0.5) is 0 Å². The van der Waals surface area contributed by atoms with E-state index in [4.69, 9.17) is 0 Å². The number of nitrogens with zero attached hydrogens (tertiary/aromatic N) is 1. The molecule has 0 radical (unpaired) electrons. The van der Waals surface area contributed by atoms with Gasteiger partial charge in [-0.05, 0) is 18.8 Å². The van der Waals surface area contributed by atoms with Crippen molar-refractivity contribution in [2.75, 3.05) is 6.54 Å². The number of Topliss-reactive ketones (excluding diaryl/α,β-unsaturated/α-hetero) is 1. The third-order valence-electron chi connectivity index (χ3n) is 3.36. The van der Waals surface area contributed by atoms with Crippen molar-refractivity contribution in [1.82, 2.24) is 4.90 Å². The third kappa shape index (κ3) is 1.81. The van der Waals surface area contributed by atoms with Crippen LogP contribution in [0.3, 0.4) is 0 Å². The van der Waals surface area contributed by atoms with Crippen LogP contribution in [0, 0.1) is 5.92 Å². The zero-order valence-corrected chi connectivity index (χ0v) is 8.66. The lowest BCUT2D eigenvalue weighted by Gasteiger charge is -2.33. The molecule has 0 bridgehead atoms. The Labute approximate surface area is 84.5 Å². The van der Waals surface area contributed by atoms with Gasteiger partial charge in [-0.15, -0.1) is 0 Å². The van der Waals surface area contributed by atoms with Crippen molar-refractivity contribution in [3.8, 4) is 0 Å². The maximum absolute atomic E-state index is 11.5. The van der Waals surface area contributed by atoms with Gasteiger partial charge in [-0.25, -0.2) is 0 Å². The van der Waals surface area contributed by atoms with Gasteiger partial charge < -0.3 is 4.90 Å². The number of likely N-dealkylation sites (tertiary alicyclic amines) is 1. The van der Waals surface area contributed by atoms with Crippen molar-refractivity contribution < 1.29 is 9.59 Å². The minimum atomic E-state index is 0.0501. The van der Waals surface area contributed by atoms with Crippen LogP contribution in [0.25, 0.3) is 0 Å². The van der Waals surface area contributed by atoms with E-state index in [0.717, 1.165) is 12.8 Å². The van der Waals surface area contributed by atoms with E-state index in [1.807, 2.05) is 0 Å². The van der Waals surface area contributed by atoms with E-state index in [9.17, 15) is 9.59 Å². The Morgan fingerprint density at radius 3 is 2.64 bits per heavy atom. The van der Waals surface area contributed by atoms with Gasteiger partial charge in [-0.2, -0.15) is 0 Å². The highest BCUT2D eigenvalue weighted by Gasteiger charge is 2.34. The lowest BCUT2D eigenvalue weighted by molar-refractivity contribution is -0.130. The van der Waals surface area contributed by atoms with Gasteiger partial charge >= 0.3 is 0 Å². The van der Waals surface area contributed by atoms with E-state index in [-0.39, 0.29) is 18.1 Å². The summed E-state index contributed by atoms with van der Waals surface area (Å²) in [5.74, 6) is 0.847. The van der Waals surface area contributed by atoms with Gasteiger partial charge in [0, 0.05) is 6.04 Å². The number of hydrogen-bond donors (Lipinski definition) is 0. The first-order valence-corrected chi connectivity index (χ1v) is 5.48. The molecule has 2 atom stereocenters. The fraction of sp³-hybridized carbons (Fsp3) is 0.818. The van der Waals surface area contributed by atoms with E-state index >= 15 is 0 Å². The molecule has 2 rings (SSSR count). The second-order valence-electron chi connectivity index (χ2n) is 4.66. The number of carbonyl (C=O) groups is 2. The van der Waals surface area contributed by atoms with E-state index < -0.39 is 0 Å². The molecule has 2 aliphatic rings. The molecule has 1 heterocycles. The molecule has 78 valence electrons. The number of rotatable bonds is 1. The third-order valence-corrected chi connectivity index (χ3v) is 3.36. The highest BCUT2D eigenvalue weighted by atomic mass is 16.2. The van der Waals surface area contributed by atoms with E-state index in [1.165, 1.54) is 12.8 Å². The Hall–Kier alpha value is -0.860. The Morgan fingerprint density at radius 2 is 2.07 bits per heavy atom. The Morgan fingerprint density at radius 1 is 1.29 bits per heavy atom. The van der Waals surface area contributed by atoms with Gasteiger partial charge in [0.1, 0.15) is 0 Å². The first kappa shape index (κ1) is 9.69. The summed E-state index contributed by atoms with van der Waals surface area (Å²) >= 11 is 0. The Balaban J connectivity index is 2.00. The van der Waals surface area contributed by atoms with Crippen molar-refractivity contribution in [1.29, 1.82) is 0 Å². The topological polar surface area (TPSA) is 37.4 Å². The summed E-state index contributed by atoms with van der Waals surface area (Å²) in [6, 6.07) is 0.345.